The lowest BCUT2D eigenvalue weighted by Gasteiger charge is -2.29. The minimum Gasteiger partial charge on any atom is -0.375 e. The third-order valence-corrected chi connectivity index (χ3v) is 3.84. The van der Waals surface area contributed by atoms with E-state index in [9.17, 15) is 4.79 Å². The van der Waals surface area contributed by atoms with E-state index in [4.69, 9.17) is 4.74 Å². The van der Waals surface area contributed by atoms with Gasteiger partial charge in [-0.25, -0.2) is 0 Å². The monoisotopic (exact) mass is 315 g/mol. The fourth-order valence-corrected chi connectivity index (χ4v) is 2.73. The number of carbonyl (C=O) groups excluding carboxylic acids is 1. The van der Waals surface area contributed by atoms with Gasteiger partial charge >= 0.3 is 0 Å². The first kappa shape index (κ1) is 15.5. The van der Waals surface area contributed by atoms with Crippen LogP contribution in [0.2, 0.25) is 0 Å². The Bertz CT molecular complexity index is 698. The quantitative estimate of drug-likeness (QED) is 0.886. The Morgan fingerprint density at radius 1 is 1.39 bits per heavy atom. The molecule has 7 nitrogen and oxygen atoms in total. The maximum Gasteiger partial charge on any atom is 0.246 e. The average molecular weight is 315 g/mol. The van der Waals surface area contributed by atoms with Gasteiger partial charge in [0.15, 0.2) is 0 Å². The van der Waals surface area contributed by atoms with E-state index in [-0.39, 0.29) is 12.5 Å². The molecule has 0 saturated carbocycles. The van der Waals surface area contributed by atoms with E-state index in [1.54, 1.807) is 0 Å². The predicted molar refractivity (Wildman–Crippen MR) is 86.0 cm³/mol. The number of aromatic nitrogens is 3. The number of nitrogens with one attached hydrogen (secondary N) is 1. The number of anilines is 1. The van der Waals surface area contributed by atoms with Crippen molar-refractivity contribution < 1.29 is 9.53 Å². The van der Waals surface area contributed by atoms with E-state index in [0.717, 1.165) is 36.7 Å². The van der Waals surface area contributed by atoms with Crippen LogP contribution in [-0.2, 0) is 29.2 Å². The maximum absolute atomic E-state index is 11.4. The zero-order valence-electron chi connectivity index (χ0n) is 13.5. The number of methoxy groups -OCH3 is 1. The molecule has 2 aromatic heterocycles. The van der Waals surface area contributed by atoms with Gasteiger partial charge in [-0.05, 0) is 25.1 Å². The fourth-order valence-electron chi connectivity index (χ4n) is 2.73. The number of amides is 1. The average Bonchev–Trinajstić information content (AvgIpc) is 2.95. The van der Waals surface area contributed by atoms with E-state index in [2.05, 4.69) is 26.4 Å². The summed E-state index contributed by atoms with van der Waals surface area (Å²) in [6.45, 7) is 5.05. The highest BCUT2D eigenvalue weighted by molar-refractivity contribution is 5.77. The number of pyridine rings is 1. The van der Waals surface area contributed by atoms with Crippen molar-refractivity contribution in [2.24, 2.45) is 0 Å². The van der Waals surface area contributed by atoms with Gasteiger partial charge in [-0.3, -0.25) is 14.5 Å². The van der Waals surface area contributed by atoms with Crippen molar-refractivity contribution in [3.05, 3.63) is 41.5 Å². The van der Waals surface area contributed by atoms with Gasteiger partial charge in [0.05, 0.1) is 31.0 Å². The number of hydrogen-bond acceptors (Lipinski definition) is 5. The normalized spacial score (nSPS) is 13.7. The van der Waals surface area contributed by atoms with Crippen LogP contribution in [0.1, 0.15) is 17.1 Å². The van der Waals surface area contributed by atoms with Crippen molar-refractivity contribution in [3.8, 4) is 0 Å². The van der Waals surface area contributed by atoms with E-state index in [1.165, 1.54) is 12.8 Å². The van der Waals surface area contributed by atoms with Crippen LogP contribution in [0.25, 0.3) is 0 Å². The first-order chi connectivity index (χ1) is 11.2. The molecule has 1 amide bonds. The molecule has 1 aliphatic heterocycles. The molecule has 0 aliphatic carbocycles. The summed E-state index contributed by atoms with van der Waals surface area (Å²) in [5.74, 6) is -0.132. The highest BCUT2D eigenvalue weighted by atomic mass is 16.5. The molecule has 0 atom stereocenters. The Morgan fingerprint density at radius 3 is 3.04 bits per heavy atom. The second-order valence-corrected chi connectivity index (χ2v) is 5.64. The summed E-state index contributed by atoms with van der Waals surface area (Å²) in [6, 6.07) is 6.18. The van der Waals surface area contributed by atoms with Gasteiger partial charge < -0.3 is 15.0 Å². The molecular weight excluding hydrogens is 294 g/mol. The van der Waals surface area contributed by atoms with Crippen molar-refractivity contribution in [2.45, 2.75) is 26.6 Å². The third kappa shape index (κ3) is 3.68. The summed E-state index contributed by atoms with van der Waals surface area (Å²) in [6.07, 6.45) is 1.84. The van der Waals surface area contributed by atoms with Crippen LogP contribution in [-0.4, -0.2) is 40.9 Å². The van der Waals surface area contributed by atoms with Crippen LogP contribution >= 0.6 is 0 Å². The van der Waals surface area contributed by atoms with Gasteiger partial charge in [0, 0.05) is 31.2 Å². The Hall–Kier alpha value is -2.41. The molecule has 3 rings (SSSR count). The molecule has 1 aliphatic rings. The summed E-state index contributed by atoms with van der Waals surface area (Å²) in [5.41, 5.74) is 4.22. The van der Waals surface area contributed by atoms with Crippen LogP contribution in [0, 0.1) is 6.92 Å². The summed E-state index contributed by atoms with van der Waals surface area (Å²) in [5, 5.41) is 7.35. The highest BCUT2D eigenvalue weighted by Crippen LogP contribution is 2.21. The lowest BCUT2D eigenvalue weighted by Crippen LogP contribution is -2.33. The summed E-state index contributed by atoms with van der Waals surface area (Å²) < 4.78 is 6.81. The van der Waals surface area contributed by atoms with Gasteiger partial charge in [0.25, 0.3) is 0 Å². The van der Waals surface area contributed by atoms with Crippen LogP contribution in [0.5, 0.6) is 0 Å². The molecular formula is C16H21N5O2. The molecule has 0 unspecified atom stereocenters. The predicted octanol–water partition coefficient (Wildman–Crippen LogP) is 0.869. The Labute approximate surface area is 135 Å². The zero-order valence-corrected chi connectivity index (χ0v) is 13.5. The number of carbonyl (C=O) groups is 1. The summed E-state index contributed by atoms with van der Waals surface area (Å²) in [4.78, 5) is 18.0. The number of aryl methyl sites for hydroxylation is 1. The van der Waals surface area contributed by atoms with Crippen LogP contribution in [0.3, 0.4) is 0 Å². The van der Waals surface area contributed by atoms with E-state index in [0.29, 0.717) is 6.54 Å². The molecule has 2 aromatic rings. The number of fused-ring (bicyclic) bond motifs is 1. The Kier molecular flexibility index (Phi) is 4.57. The number of nitrogens with zero attached hydrogens (tertiary/aromatic N) is 4. The molecule has 0 saturated heterocycles. The summed E-state index contributed by atoms with van der Waals surface area (Å²) in [7, 11) is 1.50. The van der Waals surface area contributed by atoms with Crippen molar-refractivity contribution in [2.75, 3.05) is 25.2 Å². The van der Waals surface area contributed by atoms with E-state index < -0.39 is 0 Å². The van der Waals surface area contributed by atoms with Crippen LogP contribution in [0.4, 0.5) is 5.69 Å². The van der Waals surface area contributed by atoms with Crippen molar-refractivity contribution in [3.63, 3.8) is 0 Å². The van der Waals surface area contributed by atoms with Crippen molar-refractivity contribution in [1.29, 1.82) is 0 Å². The molecule has 0 spiro atoms. The van der Waals surface area contributed by atoms with Gasteiger partial charge in [-0.15, -0.1) is 0 Å². The second-order valence-electron chi connectivity index (χ2n) is 5.64. The van der Waals surface area contributed by atoms with Crippen LogP contribution in [0.15, 0.2) is 24.4 Å². The largest absolute Gasteiger partial charge is 0.375 e. The van der Waals surface area contributed by atoms with E-state index >= 15 is 0 Å². The number of hydrogen-bond donors (Lipinski definition) is 1. The van der Waals surface area contributed by atoms with E-state index in [1.807, 2.05) is 29.9 Å². The molecule has 0 radical (unpaired) electrons. The number of ether oxygens (including phenoxy) is 1. The smallest absolute Gasteiger partial charge is 0.246 e. The number of rotatable bonds is 5. The van der Waals surface area contributed by atoms with Crippen molar-refractivity contribution >= 4 is 11.6 Å². The highest BCUT2D eigenvalue weighted by Gasteiger charge is 2.19. The maximum atomic E-state index is 11.4. The lowest BCUT2D eigenvalue weighted by atomic mass is 10.2. The minimum atomic E-state index is -0.132. The van der Waals surface area contributed by atoms with Gasteiger partial charge in [-0.2, -0.15) is 5.10 Å². The third-order valence-electron chi connectivity index (χ3n) is 3.84. The van der Waals surface area contributed by atoms with Crippen molar-refractivity contribution in [1.82, 2.24) is 20.1 Å². The topological polar surface area (TPSA) is 72.3 Å². The molecule has 1 N–H and O–H groups in total. The SMILES string of the molecule is COCC(=O)NCc1cc2n(n1)CCN(c1ccnc(C)c1)C2. The van der Waals surface area contributed by atoms with Gasteiger partial charge in [-0.1, -0.05) is 0 Å². The minimum absolute atomic E-state index is 0.0722. The lowest BCUT2D eigenvalue weighted by molar-refractivity contribution is -0.124. The first-order valence-electron chi connectivity index (χ1n) is 7.64. The standard InChI is InChI=1S/C16H21N5O2/c1-12-7-14(3-4-17-12)20-5-6-21-15(10-20)8-13(19-21)9-18-16(22)11-23-2/h3-4,7-8H,5-6,9-11H2,1-2H3,(H,18,22). The molecule has 7 heteroatoms. The molecule has 23 heavy (non-hydrogen) atoms. The zero-order chi connectivity index (χ0) is 16.2. The second kappa shape index (κ2) is 6.78. The Morgan fingerprint density at radius 2 is 2.26 bits per heavy atom. The fraction of sp³-hybridized carbons (Fsp3) is 0.438. The van der Waals surface area contributed by atoms with Crippen LogP contribution < -0.4 is 10.2 Å². The molecule has 0 fully saturated rings. The molecule has 122 valence electrons. The molecule has 0 bridgehead atoms. The summed E-state index contributed by atoms with van der Waals surface area (Å²) >= 11 is 0. The molecule has 3 heterocycles. The Balaban J connectivity index is 1.66. The van der Waals surface area contributed by atoms with Gasteiger partial charge in [0.1, 0.15) is 6.61 Å². The van der Waals surface area contributed by atoms with Gasteiger partial charge in [0.2, 0.25) is 5.91 Å². The molecule has 0 aromatic carbocycles. The first-order valence-corrected chi connectivity index (χ1v) is 7.64.